The van der Waals surface area contributed by atoms with Crippen LogP contribution in [0.3, 0.4) is 0 Å². The first-order valence-corrected chi connectivity index (χ1v) is 14.6. The zero-order valence-electron chi connectivity index (χ0n) is 22.7. The Balaban J connectivity index is 1.23. The maximum Gasteiger partial charge on any atom is 0.349 e. The number of hydrogen-bond acceptors (Lipinski definition) is 2. The molecular weight excluding hydrogens is 511 g/mol. The summed E-state index contributed by atoms with van der Waals surface area (Å²) in [5.41, 5.74) is -0.450. The third-order valence-corrected chi connectivity index (χ3v) is 8.89. The van der Waals surface area contributed by atoms with Crippen molar-refractivity contribution in [3.8, 4) is 5.75 Å². The second-order valence-corrected chi connectivity index (χ2v) is 11.6. The molecule has 0 saturated heterocycles. The Kier molecular flexibility index (Phi) is 10.4. The van der Waals surface area contributed by atoms with Gasteiger partial charge in [-0.25, -0.2) is 26.7 Å². The SMILES string of the molecule is CCC[C@H]1CC[C@H](CCCCC2CCC(c3cc(F)c(C(=O)Oc4cc(F)c(F)c(F)c4)c(F)c3)CC2)CC1. The fraction of sp³-hybridized carbons (Fsp3) is 0.594. The first-order chi connectivity index (χ1) is 18.7. The van der Waals surface area contributed by atoms with Crippen LogP contribution in [0.4, 0.5) is 22.0 Å². The van der Waals surface area contributed by atoms with Gasteiger partial charge in [-0.05, 0) is 67.1 Å². The average Bonchev–Trinajstić information content (AvgIpc) is 2.90. The van der Waals surface area contributed by atoms with Gasteiger partial charge in [-0.15, -0.1) is 0 Å². The van der Waals surface area contributed by atoms with E-state index in [0.717, 1.165) is 49.7 Å². The van der Waals surface area contributed by atoms with Gasteiger partial charge in [0.1, 0.15) is 22.9 Å². The van der Waals surface area contributed by atoms with Gasteiger partial charge < -0.3 is 4.74 Å². The van der Waals surface area contributed by atoms with Crippen molar-refractivity contribution in [1.82, 2.24) is 0 Å². The molecule has 2 saturated carbocycles. The lowest BCUT2D eigenvalue weighted by molar-refractivity contribution is 0.0723. The molecule has 0 radical (unpaired) electrons. The molecule has 0 spiro atoms. The van der Waals surface area contributed by atoms with Gasteiger partial charge in [0.25, 0.3) is 0 Å². The van der Waals surface area contributed by atoms with Crippen molar-refractivity contribution in [3.05, 3.63) is 64.5 Å². The number of ether oxygens (including phenoxy) is 1. The molecule has 2 fully saturated rings. The molecule has 2 aliphatic rings. The van der Waals surface area contributed by atoms with Gasteiger partial charge in [-0.3, -0.25) is 0 Å². The predicted octanol–water partition coefficient (Wildman–Crippen LogP) is 10.0. The maximum atomic E-state index is 14.8. The summed E-state index contributed by atoms with van der Waals surface area (Å²) in [6.07, 6.45) is 17.0. The van der Waals surface area contributed by atoms with Crippen molar-refractivity contribution in [3.63, 3.8) is 0 Å². The van der Waals surface area contributed by atoms with Crippen LogP contribution in [-0.4, -0.2) is 5.97 Å². The number of esters is 1. The van der Waals surface area contributed by atoms with Crippen LogP contribution in [0.5, 0.6) is 5.75 Å². The van der Waals surface area contributed by atoms with Crippen LogP contribution in [0.25, 0.3) is 0 Å². The Bertz CT molecular complexity index is 1070. The van der Waals surface area contributed by atoms with Crippen molar-refractivity contribution in [1.29, 1.82) is 0 Å². The number of halogens is 5. The highest BCUT2D eigenvalue weighted by Gasteiger charge is 2.27. The molecule has 0 aromatic heterocycles. The van der Waals surface area contributed by atoms with Gasteiger partial charge in [-0.1, -0.05) is 71.1 Å². The third kappa shape index (κ3) is 7.82. The number of benzene rings is 2. The average molecular weight is 551 g/mol. The minimum absolute atomic E-state index is 0.00826. The summed E-state index contributed by atoms with van der Waals surface area (Å²) in [4.78, 5) is 12.3. The molecule has 0 N–H and O–H groups in total. The van der Waals surface area contributed by atoms with Crippen LogP contribution < -0.4 is 4.74 Å². The predicted molar refractivity (Wildman–Crippen MR) is 141 cm³/mol. The van der Waals surface area contributed by atoms with Crippen molar-refractivity contribution in [2.24, 2.45) is 17.8 Å². The van der Waals surface area contributed by atoms with E-state index >= 15 is 0 Å². The highest BCUT2D eigenvalue weighted by Crippen LogP contribution is 2.39. The Morgan fingerprint density at radius 1 is 0.692 bits per heavy atom. The van der Waals surface area contributed by atoms with Crippen LogP contribution in [-0.2, 0) is 0 Å². The van der Waals surface area contributed by atoms with Gasteiger partial charge >= 0.3 is 5.97 Å². The fourth-order valence-corrected chi connectivity index (χ4v) is 6.64. The van der Waals surface area contributed by atoms with E-state index in [1.165, 1.54) is 64.2 Å². The van der Waals surface area contributed by atoms with Gasteiger partial charge in [0.05, 0.1) is 0 Å². The molecule has 0 atom stereocenters. The number of carbonyl (C=O) groups excluding carboxylic acids is 1. The van der Waals surface area contributed by atoms with Gasteiger partial charge in [0.15, 0.2) is 17.5 Å². The topological polar surface area (TPSA) is 26.3 Å². The lowest BCUT2D eigenvalue weighted by Crippen LogP contribution is -2.17. The van der Waals surface area contributed by atoms with E-state index in [2.05, 4.69) is 6.92 Å². The first kappa shape index (κ1) is 29.5. The molecule has 0 bridgehead atoms. The Morgan fingerprint density at radius 2 is 1.15 bits per heavy atom. The summed E-state index contributed by atoms with van der Waals surface area (Å²) < 4.78 is 74.2. The second kappa shape index (κ2) is 13.8. The molecule has 39 heavy (non-hydrogen) atoms. The Hall–Kier alpha value is -2.44. The normalized spacial score (nSPS) is 23.5. The standard InChI is InChI=1S/C32H39F5O2/c1-2-5-20-8-10-21(11-9-20)6-3-4-7-22-12-14-23(15-13-22)24-16-26(33)30(27(34)17-24)32(38)39-25-18-28(35)31(37)29(36)19-25/h16-23H,2-15H2,1H3/t20-,21-,22?,23?. The summed E-state index contributed by atoms with van der Waals surface area (Å²) >= 11 is 0. The van der Waals surface area contributed by atoms with Crippen LogP contribution in [0.2, 0.25) is 0 Å². The molecule has 0 heterocycles. The van der Waals surface area contributed by atoms with E-state index in [1.54, 1.807) is 0 Å². The molecular formula is C32H39F5O2. The molecule has 4 rings (SSSR count). The highest BCUT2D eigenvalue weighted by atomic mass is 19.2. The number of unbranched alkanes of at least 4 members (excludes halogenated alkanes) is 1. The molecule has 2 aromatic carbocycles. The molecule has 0 amide bonds. The number of carbonyl (C=O) groups is 1. The summed E-state index contributed by atoms with van der Waals surface area (Å²) in [6.45, 7) is 2.28. The summed E-state index contributed by atoms with van der Waals surface area (Å²) in [5.74, 6) is -6.70. The first-order valence-electron chi connectivity index (χ1n) is 14.6. The van der Waals surface area contributed by atoms with Crippen molar-refractivity contribution in [2.45, 2.75) is 103 Å². The second-order valence-electron chi connectivity index (χ2n) is 11.6. The molecule has 0 unspecified atom stereocenters. The zero-order chi connectivity index (χ0) is 27.9. The van der Waals surface area contributed by atoms with Crippen LogP contribution >= 0.6 is 0 Å². The smallest absolute Gasteiger partial charge is 0.349 e. The van der Waals surface area contributed by atoms with E-state index in [4.69, 9.17) is 4.74 Å². The number of hydrogen-bond donors (Lipinski definition) is 0. The van der Waals surface area contributed by atoms with Crippen molar-refractivity contribution >= 4 is 5.97 Å². The minimum Gasteiger partial charge on any atom is -0.423 e. The van der Waals surface area contributed by atoms with E-state index in [0.29, 0.717) is 23.6 Å². The van der Waals surface area contributed by atoms with Crippen molar-refractivity contribution < 1.29 is 31.5 Å². The quantitative estimate of drug-likeness (QED) is 0.0967. The summed E-state index contributed by atoms with van der Waals surface area (Å²) in [5, 5.41) is 0. The van der Waals surface area contributed by atoms with Crippen molar-refractivity contribution in [2.75, 3.05) is 0 Å². The summed E-state index contributed by atoms with van der Waals surface area (Å²) in [6, 6.07) is 3.17. The summed E-state index contributed by atoms with van der Waals surface area (Å²) in [7, 11) is 0. The van der Waals surface area contributed by atoms with Crippen LogP contribution in [0.1, 0.15) is 119 Å². The molecule has 214 valence electrons. The fourth-order valence-electron chi connectivity index (χ4n) is 6.64. The largest absolute Gasteiger partial charge is 0.423 e. The van der Waals surface area contributed by atoms with E-state index in [1.807, 2.05) is 0 Å². The highest BCUT2D eigenvalue weighted by molar-refractivity contribution is 5.91. The van der Waals surface area contributed by atoms with Gasteiger partial charge in [-0.2, -0.15) is 0 Å². The molecule has 2 aromatic rings. The maximum absolute atomic E-state index is 14.8. The lowest BCUT2D eigenvalue weighted by atomic mass is 9.76. The van der Waals surface area contributed by atoms with Crippen LogP contribution in [0, 0.1) is 46.8 Å². The van der Waals surface area contributed by atoms with E-state index in [-0.39, 0.29) is 5.92 Å². The molecule has 7 heteroatoms. The number of rotatable bonds is 10. The molecule has 2 aliphatic carbocycles. The minimum atomic E-state index is -1.73. The van der Waals surface area contributed by atoms with Gasteiger partial charge in [0, 0.05) is 12.1 Å². The lowest BCUT2D eigenvalue weighted by Gasteiger charge is -2.30. The van der Waals surface area contributed by atoms with E-state index in [9.17, 15) is 26.7 Å². The molecule has 2 nitrogen and oxygen atoms in total. The Labute approximate surface area is 228 Å². The third-order valence-electron chi connectivity index (χ3n) is 8.89. The van der Waals surface area contributed by atoms with Crippen LogP contribution in [0.15, 0.2) is 24.3 Å². The molecule has 0 aliphatic heterocycles. The Morgan fingerprint density at radius 3 is 1.64 bits per heavy atom. The van der Waals surface area contributed by atoms with E-state index < -0.39 is 46.4 Å². The monoisotopic (exact) mass is 550 g/mol. The zero-order valence-corrected chi connectivity index (χ0v) is 22.7. The van der Waals surface area contributed by atoms with Gasteiger partial charge in [0.2, 0.25) is 0 Å².